The second-order valence-corrected chi connectivity index (χ2v) is 6.54. The Morgan fingerprint density at radius 3 is 2.61 bits per heavy atom. The Balaban J connectivity index is 1.60. The molecule has 0 spiro atoms. The number of H-pyrrole nitrogens is 1. The van der Waals surface area contributed by atoms with Gasteiger partial charge >= 0.3 is 0 Å². The average Bonchev–Trinajstić information content (AvgIpc) is 3.12. The second kappa shape index (κ2) is 8.04. The number of fused-ring (bicyclic) bond motifs is 1. The molecule has 0 bridgehead atoms. The molecular formula is C21H23N3O4. The fraction of sp³-hybridized carbons (Fsp3) is 0.238. The molecule has 3 aromatic rings. The van der Waals surface area contributed by atoms with Gasteiger partial charge < -0.3 is 14.5 Å². The highest BCUT2D eigenvalue weighted by Crippen LogP contribution is 2.22. The number of hydrazine groups is 1. The van der Waals surface area contributed by atoms with Crippen molar-refractivity contribution in [3.05, 3.63) is 59.3 Å². The summed E-state index contributed by atoms with van der Waals surface area (Å²) in [5, 5.41) is 0.865. The van der Waals surface area contributed by atoms with Crippen molar-refractivity contribution in [1.82, 2.24) is 15.8 Å². The fourth-order valence-electron chi connectivity index (χ4n) is 2.74. The molecule has 1 unspecified atom stereocenters. The Hall–Kier alpha value is -3.48. The van der Waals surface area contributed by atoms with Gasteiger partial charge in [0.05, 0.1) is 7.11 Å². The van der Waals surface area contributed by atoms with Gasteiger partial charge in [0.2, 0.25) is 0 Å². The van der Waals surface area contributed by atoms with E-state index in [0.29, 0.717) is 17.2 Å². The van der Waals surface area contributed by atoms with Crippen molar-refractivity contribution in [3.63, 3.8) is 0 Å². The largest absolute Gasteiger partial charge is 0.497 e. The minimum atomic E-state index is -0.771. The minimum absolute atomic E-state index is 0.326. The summed E-state index contributed by atoms with van der Waals surface area (Å²) in [6.07, 6.45) is -0.771. The van der Waals surface area contributed by atoms with E-state index < -0.39 is 17.9 Å². The van der Waals surface area contributed by atoms with Crippen molar-refractivity contribution in [2.24, 2.45) is 0 Å². The predicted octanol–water partition coefficient (Wildman–Crippen LogP) is 3.02. The standard InChI is InChI=1S/C21H23N3O4/c1-12-6-5-7-19(13(12)2)28-14(3)20(25)23-24-21(26)18-10-15-8-9-16(27-4)11-17(15)22-18/h5-11,14,22H,1-4H3,(H,23,25)(H,24,26). The lowest BCUT2D eigenvalue weighted by Crippen LogP contribution is -2.47. The SMILES string of the molecule is COc1ccc2cc(C(=O)NNC(=O)C(C)Oc3cccc(C)c3C)[nH]c2c1. The zero-order valence-electron chi connectivity index (χ0n) is 16.3. The number of rotatable bonds is 5. The maximum absolute atomic E-state index is 12.3. The van der Waals surface area contributed by atoms with Crippen LogP contribution in [-0.2, 0) is 4.79 Å². The third-order valence-electron chi connectivity index (χ3n) is 4.60. The third kappa shape index (κ3) is 4.09. The van der Waals surface area contributed by atoms with Gasteiger partial charge in [-0.3, -0.25) is 20.4 Å². The first-order chi connectivity index (χ1) is 13.4. The van der Waals surface area contributed by atoms with E-state index in [1.807, 2.05) is 44.2 Å². The summed E-state index contributed by atoms with van der Waals surface area (Å²) in [4.78, 5) is 27.6. The number of aryl methyl sites for hydroxylation is 1. The van der Waals surface area contributed by atoms with Gasteiger partial charge in [-0.05, 0) is 56.2 Å². The molecule has 0 fully saturated rings. The van der Waals surface area contributed by atoms with Crippen molar-refractivity contribution < 1.29 is 19.1 Å². The van der Waals surface area contributed by atoms with Gasteiger partial charge in [-0.15, -0.1) is 0 Å². The summed E-state index contributed by atoms with van der Waals surface area (Å²) < 4.78 is 10.9. The number of aromatic amines is 1. The Morgan fingerprint density at radius 1 is 1.07 bits per heavy atom. The lowest BCUT2D eigenvalue weighted by atomic mass is 10.1. The topological polar surface area (TPSA) is 92.5 Å². The van der Waals surface area contributed by atoms with Crippen LogP contribution in [0.15, 0.2) is 42.5 Å². The van der Waals surface area contributed by atoms with Gasteiger partial charge in [0, 0.05) is 17.0 Å². The number of amides is 2. The first-order valence-electron chi connectivity index (χ1n) is 8.89. The van der Waals surface area contributed by atoms with E-state index in [9.17, 15) is 9.59 Å². The summed E-state index contributed by atoms with van der Waals surface area (Å²) in [7, 11) is 1.58. The maximum atomic E-state index is 12.3. The molecule has 28 heavy (non-hydrogen) atoms. The number of ether oxygens (including phenoxy) is 2. The van der Waals surface area contributed by atoms with Crippen LogP contribution >= 0.6 is 0 Å². The van der Waals surface area contributed by atoms with Crippen LogP contribution in [-0.4, -0.2) is 30.0 Å². The first kappa shape index (κ1) is 19.3. The molecule has 2 aromatic carbocycles. The average molecular weight is 381 g/mol. The molecule has 0 saturated heterocycles. The van der Waals surface area contributed by atoms with Gasteiger partial charge in [-0.2, -0.15) is 0 Å². The van der Waals surface area contributed by atoms with Crippen LogP contribution in [0.3, 0.4) is 0 Å². The molecule has 1 aromatic heterocycles. The molecule has 0 aliphatic carbocycles. The highest BCUT2D eigenvalue weighted by molar-refractivity contribution is 5.99. The van der Waals surface area contributed by atoms with Gasteiger partial charge in [0.25, 0.3) is 11.8 Å². The Kier molecular flexibility index (Phi) is 5.54. The number of methoxy groups -OCH3 is 1. The summed E-state index contributed by atoms with van der Waals surface area (Å²) in [6.45, 7) is 5.53. The molecule has 7 heteroatoms. The zero-order chi connectivity index (χ0) is 20.3. The molecular weight excluding hydrogens is 358 g/mol. The van der Waals surface area contributed by atoms with Crippen molar-refractivity contribution in [2.75, 3.05) is 7.11 Å². The van der Waals surface area contributed by atoms with Gasteiger partial charge in [0.15, 0.2) is 6.10 Å². The first-order valence-corrected chi connectivity index (χ1v) is 8.89. The van der Waals surface area contributed by atoms with Crippen LogP contribution in [0.2, 0.25) is 0 Å². The van der Waals surface area contributed by atoms with Gasteiger partial charge in [-0.25, -0.2) is 0 Å². The summed E-state index contributed by atoms with van der Waals surface area (Å²) >= 11 is 0. The maximum Gasteiger partial charge on any atom is 0.286 e. The lowest BCUT2D eigenvalue weighted by molar-refractivity contribution is -0.128. The molecule has 1 atom stereocenters. The second-order valence-electron chi connectivity index (χ2n) is 6.54. The number of benzene rings is 2. The highest BCUT2D eigenvalue weighted by Gasteiger charge is 2.18. The quantitative estimate of drug-likeness (QED) is 0.593. The molecule has 1 heterocycles. The molecule has 2 amide bonds. The van der Waals surface area contributed by atoms with Crippen molar-refractivity contribution in [1.29, 1.82) is 0 Å². The summed E-state index contributed by atoms with van der Waals surface area (Å²) in [6, 6.07) is 12.8. The van der Waals surface area contributed by atoms with Gasteiger partial charge in [-0.1, -0.05) is 12.1 Å². The number of hydrogen-bond donors (Lipinski definition) is 3. The van der Waals surface area contributed by atoms with Crippen LogP contribution in [0.1, 0.15) is 28.5 Å². The lowest BCUT2D eigenvalue weighted by Gasteiger charge is -2.17. The fourth-order valence-corrected chi connectivity index (χ4v) is 2.74. The third-order valence-corrected chi connectivity index (χ3v) is 4.60. The molecule has 146 valence electrons. The minimum Gasteiger partial charge on any atom is -0.497 e. The number of hydrogen-bond acceptors (Lipinski definition) is 4. The molecule has 0 aliphatic heterocycles. The van der Waals surface area contributed by atoms with Gasteiger partial charge in [0.1, 0.15) is 17.2 Å². The molecule has 3 N–H and O–H groups in total. The molecule has 0 saturated carbocycles. The van der Waals surface area contributed by atoms with E-state index in [4.69, 9.17) is 9.47 Å². The summed E-state index contributed by atoms with van der Waals surface area (Å²) in [5.74, 6) is 0.417. The smallest absolute Gasteiger partial charge is 0.286 e. The predicted molar refractivity (Wildman–Crippen MR) is 106 cm³/mol. The van der Waals surface area contributed by atoms with E-state index in [0.717, 1.165) is 22.0 Å². The van der Waals surface area contributed by atoms with Crippen molar-refractivity contribution in [2.45, 2.75) is 26.9 Å². The monoisotopic (exact) mass is 381 g/mol. The van der Waals surface area contributed by atoms with Crippen LogP contribution < -0.4 is 20.3 Å². The Bertz CT molecular complexity index is 1030. The van der Waals surface area contributed by atoms with Crippen LogP contribution in [0.4, 0.5) is 0 Å². The molecule has 7 nitrogen and oxygen atoms in total. The molecule has 0 radical (unpaired) electrons. The summed E-state index contributed by atoms with van der Waals surface area (Å²) in [5.41, 5.74) is 7.94. The van der Waals surface area contributed by atoms with E-state index >= 15 is 0 Å². The van der Waals surface area contributed by atoms with Crippen LogP contribution in [0, 0.1) is 13.8 Å². The Morgan fingerprint density at radius 2 is 1.86 bits per heavy atom. The van der Waals surface area contributed by atoms with Crippen LogP contribution in [0.25, 0.3) is 10.9 Å². The number of carbonyl (C=O) groups is 2. The van der Waals surface area contributed by atoms with E-state index in [2.05, 4.69) is 15.8 Å². The van der Waals surface area contributed by atoms with Crippen molar-refractivity contribution in [3.8, 4) is 11.5 Å². The van der Waals surface area contributed by atoms with E-state index in [1.54, 1.807) is 26.2 Å². The number of aromatic nitrogens is 1. The molecule has 3 rings (SSSR count). The highest BCUT2D eigenvalue weighted by atomic mass is 16.5. The molecule has 0 aliphatic rings. The van der Waals surface area contributed by atoms with Crippen LogP contribution in [0.5, 0.6) is 11.5 Å². The Labute approximate surface area is 163 Å². The van der Waals surface area contributed by atoms with E-state index in [-0.39, 0.29) is 0 Å². The van der Waals surface area contributed by atoms with Crippen molar-refractivity contribution >= 4 is 22.7 Å². The zero-order valence-corrected chi connectivity index (χ0v) is 16.3. The van der Waals surface area contributed by atoms with E-state index in [1.165, 1.54) is 0 Å². The number of nitrogens with one attached hydrogen (secondary N) is 3. The number of carbonyl (C=O) groups excluding carboxylic acids is 2. The normalized spacial score (nSPS) is 11.7.